The summed E-state index contributed by atoms with van der Waals surface area (Å²) >= 11 is 1.65. The summed E-state index contributed by atoms with van der Waals surface area (Å²) < 4.78 is 12.1. The number of benzene rings is 1. The number of methoxy groups -OCH3 is 1. The summed E-state index contributed by atoms with van der Waals surface area (Å²) in [7, 11) is 1.62. The Morgan fingerprint density at radius 3 is 2.93 bits per heavy atom. The number of fused-ring (bicyclic) bond motifs is 3. The Hall–Kier alpha value is -3.00. The Balaban J connectivity index is 1.45. The molecule has 0 N–H and O–H groups in total. The summed E-state index contributed by atoms with van der Waals surface area (Å²) in [5.41, 5.74) is 1.97. The molecule has 1 aromatic carbocycles. The van der Waals surface area contributed by atoms with Crippen molar-refractivity contribution >= 4 is 21.6 Å². The predicted octanol–water partition coefficient (Wildman–Crippen LogP) is 3.69. The molecule has 3 aromatic heterocycles. The van der Waals surface area contributed by atoms with E-state index in [1.165, 1.54) is 10.4 Å². The van der Waals surface area contributed by atoms with Crippen molar-refractivity contribution in [2.75, 3.05) is 7.11 Å². The second kappa shape index (κ2) is 7.11. The van der Waals surface area contributed by atoms with Crippen molar-refractivity contribution in [2.24, 2.45) is 5.92 Å². The largest absolute Gasteiger partial charge is 0.497 e. The van der Waals surface area contributed by atoms with Crippen LogP contribution in [0.1, 0.15) is 29.7 Å². The predicted molar refractivity (Wildman–Crippen MR) is 110 cm³/mol. The molecule has 1 aliphatic rings. The highest BCUT2D eigenvalue weighted by atomic mass is 32.1. The van der Waals surface area contributed by atoms with E-state index in [1.54, 1.807) is 29.3 Å². The van der Waals surface area contributed by atoms with Crippen LogP contribution < -0.4 is 10.3 Å². The Labute approximate surface area is 171 Å². The van der Waals surface area contributed by atoms with E-state index in [2.05, 4.69) is 22.0 Å². The zero-order valence-corrected chi connectivity index (χ0v) is 17.0. The van der Waals surface area contributed by atoms with Gasteiger partial charge in [-0.15, -0.1) is 11.3 Å². The van der Waals surface area contributed by atoms with Crippen molar-refractivity contribution in [1.82, 2.24) is 19.7 Å². The van der Waals surface area contributed by atoms with E-state index in [-0.39, 0.29) is 12.1 Å². The Kier molecular flexibility index (Phi) is 4.43. The minimum absolute atomic E-state index is 0.0359. The molecule has 4 aromatic rings. The van der Waals surface area contributed by atoms with Gasteiger partial charge in [0.25, 0.3) is 5.56 Å². The van der Waals surface area contributed by atoms with Gasteiger partial charge in [-0.2, -0.15) is 4.98 Å². The summed E-state index contributed by atoms with van der Waals surface area (Å²) in [6.45, 7) is 2.46. The maximum Gasteiger partial charge on any atom is 0.262 e. The fraction of sp³-hybridized carbons (Fsp3) is 0.333. The highest BCUT2D eigenvalue weighted by Gasteiger charge is 2.23. The van der Waals surface area contributed by atoms with E-state index in [9.17, 15) is 4.79 Å². The van der Waals surface area contributed by atoms with Crippen molar-refractivity contribution in [3.05, 3.63) is 57.3 Å². The van der Waals surface area contributed by atoms with Gasteiger partial charge in [-0.1, -0.05) is 12.1 Å². The number of hydrogen-bond donors (Lipinski definition) is 0. The standard InChI is InChI=1S/C21H20N4O3S/c1-12-3-8-15-16(9-12)29-20-18(15)21(26)25(11-22-20)10-17-23-19(24-28-17)13-4-6-14(27-2)7-5-13/h4-7,11-12H,3,8-10H2,1-2H3/t12-/m0/s1. The number of nitrogens with zero attached hydrogens (tertiary/aromatic N) is 4. The molecule has 1 atom stereocenters. The lowest BCUT2D eigenvalue weighted by molar-refractivity contribution is 0.369. The van der Waals surface area contributed by atoms with Gasteiger partial charge in [0.1, 0.15) is 17.1 Å². The quantitative estimate of drug-likeness (QED) is 0.512. The van der Waals surface area contributed by atoms with Crippen LogP contribution in [0.15, 0.2) is 39.9 Å². The third kappa shape index (κ3) is 3.23. The van der Waals surface area contributed by atoms with E-state index in [0.717, 1.165) is 40.8 Å². The lowest BCUT2D eigenvalue weighted by atomic mass is 9.89. The first-order valence-corrected chi connectivity index (χ1v) is 10.4. The van der Waals surface area contributed by atoms with Gasteiger partial charge in [0.05, 0.1) is 18.8 Å². The molecule has 0 bridgehead atoms. The number of aromatic nitrogens is 4. The molecule has 5 rings (SSSR count). The van der Waals surface area contributed by atoms with E-state index in [0.29, 0.717) is 17.6 Å². The van der Waals surface area contributed by atoms with Crippen molar-refractivity contribution in [3.63, 3.8) is 0 Å². The molecule has 0 fully saturated rings. The first-order chi connectivity index (χ1) is 14.1. The van der Waals surface area contributed by atoms with E-state index >= 15 is 0 Å². The molecule has 0 aliphatic heterocycles. The van der Waals surface area contributed by atoms with E-state index < -0.39 is 0 Å². The normalized spacial score (nSPS) is 16.1. The first kappa shape index (κ1) is 18.1. The highest BCUT2D eigenvalue weighted by Crippen LogP contribution is 2.35. The van der Waals surface area contributed by atoms with Crippen molar-refractivity contribution in [3.8, 4) is 17.1 Å². The Morgan fingerprint density at radius 2 is 2.14 bits per heavy atom. The van der Waals surface area contributed by atoms with Crippen LogP contribution in [0.4, 0.5) is 0 Å². The summed E-state index contributed by atoms with van der Waals surface area (Å²) in [6.07, 6.45) is 4.67. The van der Waals surface area contributed by atoms with Crippen LogP contribution in [0.2, 0.25) is 0 Å². The fourth-order valence-corrected chi connectivity index (χ4v) is 5.14. The molecule has 1 aliphatic carbocycles. The Morgan fingerprint density at radius 1 is 1.31 bits per heavy atom. The molecule has 7 nitrogen and oxygen atoms in total. The van der Waals surface area contributed by atoms with Crippen LogP contribution >= 0.6 is 11.3 Å². The van der Waals surface area contributed by atoms with Gasteiger partial charge < -0.3 is 9.26 Å². The third-order valence-corrected chi connectivity index (χ3v) is 6.57. The monoisotopic (exact) mass is 408 g/mol. The van der Waals surface area contributed by atoms with Gasteiger partial charge in [0.15, 0.2) is 0 Å². The number of hydrogen-bond acceptors (Lipinski definition) is 7. The van der Waals surface area contributed by atoms with E-state index in [4.69, 9.17) is 9.26 Å². The molecule has 29 heavy (non-hydrogen) atoms. The van der Waals surface area contributed by atoms with Crippen LogP contribution in [-0.4, -0.2) is 26.8 Å². The van der Waals surface area contributed by atoms with Crippen LogP contribution in [0.25, 0.3) is 21.6 Å². The van der Waals surface area contributed by atoms with Crippen LogP contribution in [0.3, 0.4) is 0 Å². The molecule has 0 unspecified atom stereocenters. The summed E-state index contributed by atoms with van der Waals surface area (Å²) in [5, 5.41) is 4.80. The number of aryl methyl sites for hydroxylation is 1. The minimum atomic E-state index is -0.0359. The highest BCUT2D eigenvalue weighted by molar-refractivity contribution is 7.18. The average Bonchev–Trinajstić information content (AvgIpc) is 3.34. The zero-order valence-electron chi connectivity index (χ0n) is 16.2. The maximum atomic E-state index is 13.1. The Bertz CT molecular complexity index is 1240. The second-order valence-corrected chi connectivity index (χ2v) is 8.53. The smallest absolute Gasteiger partial charge is 0.262 e. The summed E-state index contributed by atoms with van der Waals surface area (Å²) in [4.78, 5) is 24.2. The molecular weight excluding hydrogens is 388 g/mol. The van der Waals surface area contributed by atoms with Crippen molar-refractivity contribution in [1.29, 1.82) is 0 Å². The van der Waals surface area contributed by atoms with Gasteiger partial charge in [0.2, 0.25) is 11.7 Å². The molecule has 0 amide bonds. The van der Waals surface area contributed by atoms with Gasteiger partial charge in [-0.25, -0.2) is 4.98 Å². The van der Waals surface area contributed by atoms with Crippen molar-refractivity contribution < 1.29 is 9.26 Å². The van der Waals surface area contributed by atoms with Crippen LogP contribution in [0, 0.1) is 5.92 Å². The first-order valence-electron chi connectivity index (χ1n) is 9.59. The number of ether oxygens (including phenoxy) is 1. The van der Waals surface area contributed by atoms with Gasteiger partial charge >= 0.3 is 0 Å². The lowest BCUT2D eigenvalue weighted by Gasteiger charge is -2.17. The topological polar surface area (TPSA) is 83.0 Å². The van der Waals surface area contributed by atoms with Crippen LogP contribution in [-0.2, 0) is 19.4 Å². The lowest BCUT2D eigenvalue weighted by Crippen LogP contribution is -2.22. The van der Waals surface area contributed by atoms with Gasteiger partial charge in [0, 0.05) is 10.4 Å². The van der Waals surface area contributed by atoms with Crippen LogP contribution in [0.5, 0.6) is 5.75 Å². The SMILES string of the molecule is COc1ccc(-c2noc(Cn3cnc4sc5c(c4c3=O)CC[C@H](C)C5)n2)cc1. The maximum absolute atomic E-state index is 13.1. The molecule has 148 valence electrons. The molecule has 8 heteroatoms. The van der Waals surface area contributed by atoms with Gasteiger partial charge in [-0.05, 0) is 55.0 Å². The molecule has 0 saturated heterocycles. The average molecular weight is 408 g/mol. The molecule has 3 heterocycles. The molecular formula is C21H20N4O3S. The summed E-state index contributed by atoms with van der Waals surface area (Å²) in [5.74, 6) is 2.27. The second-order valence-electron chi connectivity index (χ2n) is 7.45. The zero-order chi connectivity index (χ0) is 20.0. The molecule has 0 radical (unpaired) electrons. The molecule has 0 saturated carbocycles. The third-order valence-electron chi connectivity index (χ3n) is 5.40. The minimum Gasteiger partial charge on any atom is -0.497 e. The van der Waals surface area contributed by atoms with Gasteiger partial charge in [-0.3, -0.25) is 9.36 Å². The van der Waals surface area contributed by atoms with Crippen molar-refractivity contribution in [2.45, 2.75) is 32.7 Å². The summed E-state index contributed by atoms with van der Waals surface area (Å²) in [6, 6.07) is 7.42. The molecule has 0 spiro atoms. The fourth-order valence-electron chi connectivity index (χ4n) is 3.80. The van der Waals surface area contributed by atoms with E-state index in [1.807, 2.05) is 24.3 Å². The number of thiophene rings is 1. The number of rotatable bonds is 4.